The number of benzene rings is 1. The average Bonchev–Trinajstić information content (AvgIpc) is 2.86. The molecule has 0 aliphatic rings. The van der Waals surface area contributed by atoms with Gasteiger partial charge in [0.25, 0.3) is 0 Å². The molecule has 114 valence electrons. The fourth-order valence-corrected chi connectivity index (χ4v) is 5.10. The van der Waals surface area contributed by atoms with E-state index >= 15 is 0 Å². The minimum Gasteiger partial charge on any atom is -0.398 e. The molecule has 2 aromatic rings. The molecule has 0 radical (unpaired) electrons. The Kier molecular flexibility index (Phi) is 5.16. The van der Waals surface area contributed by atoms with Crippen LogP contribution in [0.1, 0.15) is 11.8 Å². The van der Waals surface area contributed by atoms with Crippen LogP contribution in [0.3, 0.4) is 0 Å². The molecule has 0 fully saturated rings. The summed E-state index contributed by atoms with van der Waals surface area (Å²) in [5, 5.41) is 2.24. The van der Waals surface area contributed by atoms with Crippen LogP contribution >= 0.6 is 34.5 Å². The van der Waals surface area contributed by atoms with Crippen molar-refractivity contribution in [1.82, 2.24) is 4.31 Å². The monoisotopic (exact) mass is 364 g/mol. The number of nitrogen functional groups attached to an aromatic ring is 1. The Morgan fingerprint density at radius 1 is 1.33 bits per heavy atom. The van der Waals surface area contributed by atoms with E-state index in [1.807, 2.05) is 17.5 Å². The molecule has 0 aliphatic carbocycles. The summed E-state index contributed by atoms with van der Waals surface area (Å²) in [5.74, 6) is 0. The van der Waals surface area contributed by atoms with Crippen LogP contribution in [0.5, 0.6) is 0 Å². The summed E-state index contributed by atoms with van der Waals surface area (Å²) >= 11 is 13.4. The van der Waals surface area contributed by atoms with E-state index in [-0.39, 0.29) is 22.2 Å². The lowest BCUT2D eigenvalue weighted by molar-refractivity contribution is 0.426. The number of hydrogen-bond acceptors (Lipinski definition) is 4. The quantitative estimate of drug-likeness (QED) is 0.819. The van der Waals surface area contributed by atoms with E-state index in [1.54, 1.807) is 6.92 Å². The van der Waals surface area contributed by atoms with Gasteiger partial charge in [-0.3, -0.25) is 0 Å². The highest BCUT2D eigenvalue weighted by Crippen LogP contribution is 2.33. The van der Waals surface area contributed by atoms with E-state index in [4.69, 9.17) is 28.9 Å². The fraction of sp³-hybridized carbons (Fsp3) is 0.231. The van der Waals surface area contributed by atoms with Crippen LogP contribution in [0.2, 0.25) is 10.0 Å². The molecule has 4 nitrogen and oxygen atoms in total. The Morgan fingerprint density at radius 3 is 2.57 bits per heavy atom. The Labute approximate surface area is 138 Å². The number of halogens is 2. The maximum absolute atomic E-state index is 12.8. The van der Waals surface area contributed by atoms with E-state index in [0.717, 1.165) is 4.88 Å². The largest absolute Gasteiger partial charge is 0.398 e. The topological polar surface area (TPSA) is 63.4 Å². The molecule has 1 aromatic carbocycles. The molecule has 0 bridgehead atoms. The third-order valence-corrected chi connectivity index (χ3v) is 6.43. The van der Waals surface area contributed by atoms with Crippen molar-refractivity contribution in [2.24, 2.45) is 0 Å². The Hall–Kier alpha value is -0.790. The predicted octanol–water partition coefficient (Wildman–Crippen LogP) is 3.85. The van der Waals surface area contributed by atoms with Gasteiger partial charge in [-0.2, -0.15) is 4.31 Å². The zero-order chi connectivity index (χ0) is 15.6. The second-order valence-corrected chi connectivity index (χ2v) is 8.07. The van der Waals surface area contributed by atoms with Crippen molar-refractivity contribution in [2.45, 2.75) is 18.4 Å². The summed E-state index contributed by atoms with van der Waals surface area (Å²) in [7, 11) is -3.78. The zero-order valence-electron chi connectivity index (χ0n) is 11.2. The molecule has 0 amide bonds. The summed E-state index contributed by atoms with van der Waals surface area (Å²) in [6, 6.07) is 6.53. The van der Waals surface area contributed by atoms with Crippen LogP contribution in [-0.2, 0) is 16.6 Å². The first-order valence-electron chi connectivity index (χ1n) is 6.13. The van der Waals surface area contributed by atoms with Gasteiger partial charge in [-0.1, -0.05) is 36.2 Å². The zero-order valence-corrected chi connectivity index (χ0v) is 14.4. The van der Waals surface area contributed by atoms with Crippen molar-refractivity contribution < 1.29 is 8.42 Å². The maximum Gasteiger partial charge on any atom is 0.246 e. The van der Waals surface area contributed by atoms with Gasteiger partial charge in [0, 0.05) is 23.0 Å². The SMILES string of the molecule is CCN(Cc1cccs1)S(=O)(=O)c1c(N)cc(Cl)cc1Cl. The van der Waals surface area contributed by atoms with Gasteiger partial charge in [0.2, 0.25) is 10.0 Å². The summed E-state index contributed by atoms with van der Waals surface area (Å²) < 4.78 is 26.9. The lowest BCUT2D eigenvalue weighted by atomic mass is 10.3. The first-order valence-corrected chi connectivity index (χ1v) is 9.21. The molecule has 1 heterocycles. The number of sulfonamides is 1. The molecule has 2 rings (SSSR count). The molecule has 0 saturated carbocycles. The Morgan fingerprint density at radius 2 is 2.05 bits per heavy atom. The summed E-state index contributed by atoms with van der Waals surface area (Å²) in [6.45, 7) is 2.37. The molecule has 0 spiro atoms. The fourth-order valence-electron chi connectivity index (χ4n) is 1.92. The Bertz CT molecular complexity index is 708. The van der Waals surface area contributed by atoms with Crippen LogP contribution in [0.15, 0.2) is 34.5 Å². The van der Waals surface area contributed by atoms with Crippen LogP contribution in [-0.4, -0.2) is 19.3 Å². The second-order valence-electron chi connectivity index (χ2n) is 4.32. The van der Waals surface area contributed by atoms with Crippen molar-refractivity contribution in [3.8, 4) is 0 Å². The van der Waals surface area contributed by atoms with Gasteiger partial charge >= 0.3 is 0 Å². The highest BCUT2D eigenvalue weighted by molar-refractivity contribution is 7.89. The normalized spacial score (nSPS) is 12.0. The van der Waals surface area contributed by atoms with Gasteiger partial charge in [0.1, 0.15) is 4.90 Å². The molecule has 0 aliphatic heterocycles. The van der Waals surface area contributed by atoms with Crippen LogP contribution in [0.4, 0.5) is 5.69 Å². The molecule has 0 saturated heterocycles. The number of rotatable bonds is 5. The van der Waals surface area contributed by atoms with Gasteiger partial charge in [-0.05, 0) is 23.6 Å². The summed E-state index contributed by atoms with van der Waals surface area (Å²) in [5.41, 5.74) is 5.86. The lowest BCUT2D eigenvalue weighted by Gasteiger charge is -2.21. The van der Waals surface area contributed by atoms with Crippen LogP contribution < -0.4 is 5.73 Å². The summed E-state index contributed by atoms with van der Waals surface area (Å²) in [4.78, 5) is 0.857. The average molecular weight is 365 g/mol. The van der Waals surface area contributed by atoms with E-state index in [1.165, 1.54) is 27.8 Å². The Balaban J connectivity index is 2.45. The van der Waals surface area contributed by atoms with E-state index in [2.05, 4.69) is 0 Å². The van der Waals surface area contributed by atoms with Crippen LogP contribution in [0, 0.1) is 0 Å². The number of thiophene rings is 1. The van der Waals surface area contributed by atoms with Gasteiger partial charge in [-0.25, -0.2) is 8.42 Å². The third-order valence-electron chi connectivity index (χ3n) is 2.90. The van der Waals surface area contributed by atoms with Gasteiger partial charge < -0.3 is 5.73 Å². The lowest BCUT2D eigenvalue weighted by Crippen LogP contribution is -2.31. The van der Waals surface area contributed by atoms with E-state index < -0.39 is 10.0 Å². The van der Waals surface area contributed by atoms with Gasteiger partial charge in [0.05, 0.1) is 10.7 Å². The van der Waals surface area contributed by atoms with E-state index in [9.17, 15) is 8.42 Å². The van der Waals surface area contributed by atoms with Crippen molar-refractivity contribution >= 4 is 50.2 Å². The number of nitrogens with two attached hydrogens (primary N) is 1. The molecule has 0 atom stereocenters. The summed E-state index contributed by atoms with van der Waals surface area (Å²) in [6.07, 6.45) is 0. The number of nitrogens with zero attached hydrogens (tertiary/aromatic N) is 1. The molecule has 2 N–H and O–H groups in total. The smallest absolute Gasteiger partial charge is 0.246 e. The van der Waals surface area contributed by atoms with Gasteiger partial charge in [0.15, 0.2) is 0 Å². The van der Waals surface area contributed by atoms with Gasteiger partial charge in [-0.15, -0.1) is 11.3 Å². The maximum atomic E-state index is 12.8. The first kappa shape index (κ1) is 16.6. The third kappa shape index (κ3) is 3.52. The van der Waals surface area contributed by atoms with Crippen LogP contribution in [0.25, 0.3) is 0 Å². The highest BCUT2D eigenvalue weighted by atomic mass is 35.5. The molecular formula is C13H14Cl2N2O2S2. The minimum atomic E-state index is -3.78. The predicted molar refractivity (Wildman–Crippen MR) is 88.5 cm³/mol. The first-order chi connectivity index (χ1) is 9.86. The molecule has 21 heavy (non-hydrogen) atoms. The van der Waals surface area contributed by atoms with Crippen molar-refractivity contribution in [1.29, 1.82) is 0 Å². The standard InChI is InChI=1S/C13H14Cl2N2O2S2/c1-2-17(8-10-4-3-5-20-10)21(18,19)13-11(15)6-9(14)7-12(13)16/h3-7H,2,8,16H2,1H3. The molecule has 8 heteroatoms. The molecular weight excluding hydrogens is 351 g/mol. The highest BCUT2D eigenvalue weighted by Gasteiger charge is 2.28. The van der Waals surface area contributed by atoms with Crippen molar-refractivity contribution in [3.63, 3.8) is 0 Å². The molecule has 0 unspecified atom stereocenters. The van der Waals surface area contributed by atoms with E-state index in [0.29, 0.717) is 11.6 Å². The van der Waals surface area contributed by atoms with Crippen molar-refractivity contribution in [2.75, 3.05) is 12.3 Å². The second kappa shape index (κ2) is 6.54. The molecule has 1 aromatic heterocycles. The minimum absolute atomic E-state index is 0.0321. The van der Waals surface area contributed by atoms with Crippen molar-refractivity contribution in [3.05, 3.63) is 44.6 Å². The number of hydrogen-bond donors (Lipinski definition) is 1. The number of anilines is 1.